The molecule has 0 bridgehead atoms. The summed E-state index contributed by atoms with van der Waals surface area (Å²) >= 11 is 0. The lowest BCUT2D eigenvalue weighted by Gasteiger charge is -2.39. The van der Waals surface area contributed by atoms with Crippen molar-refractivity contribution in [1.29, 1.82) is 0 Å². The first-order valence-electron chi connectivity index (χ1n) is 9.95. The SMILES string of the molecule is Cl.Cl.O=C(O)COCC=CCN1CCN(C(c2ccc(F)cc2)c2ccc(F)cc2)CC1. The Morgan fingerprint density at radius 2 is 1.41 bits per heavy atom. The van der Waals surface area contributed by atoms with Gasteiger partial charge in [-0.2, -0.15) is 0 Å². The second-order valence-electron chi connectivity index (χ2n) is 7.22. The Kier molecular flexibility index (Phi) is 12.4. The average Bonchev–Trinajstić information content (AvgIpc) is 2.74. The van der Waals surface area contributed by atoms with E-state index in [0.717, 1.165) is 43.9 Å². The number of nitrogens with zero attached hydrogens (tertiary/aromatic N) is 2. The summed E-state index contributed by atoms with van der Waals surface area (Å²) in [5, 5.41) is 8.54. The minimum absolute atomic E-state index is 0. The zero-order valence-corrected chi connectivity index (χ0v) is 19.2. The van der Waals surface area contributed by atoms with Gasteiger partial charge in [-0.25, -0.2) is 13.6 Å². The first-order chi connectivity index (χ1) is 14.5. The van der Waals surface area contributed by atoms with Crippen LogP contribution in [0.25, 0.3) is 0 Å². The number of aliphatic carboxylic acids is 1. The van der Waals surface area contributed by atoms with E-state index in [1.165, 1.54) is 24.3 Å². The van der Waals surface area contributed by atoms with Crippen LogP contribution >= 0.6 is 24.8 Å². The minimum Gasteiger partial charge on any atom is -0.480 e. The highest BCUT2D eigenvalue weighted by atomic mass is 35.5. The Bertz CT molecular complexity index is 798. The molecule has 9 heteroatoms. The molecule has 1 heterocycles. The van der Waals surface area contributed by atoms with Crippen molar-refractivity contribution in [2.45, 2.75) is 6.04 Å². The first kappa shape index (κ1) is 28.0. The molecule has 0 unspecified atom stereocenters. The fraction of sp³-hybridized carbons (Fsp3) is 0.348. The maximum Gasteiger partial charge on any atom is 0.329 e. The number of hydrogen-bond donors (Lipinski definition) is 1. The van der Waals surface area contributed by atoms with Crippen LogP contribution in [0.2, 0.25) is 0 Å². The molecule has 0 amide bonds. The van der Waals surface area contributed by atoms with E-state index < -0.39 is 5.97 Å². The summed E-state index contributed by atoms with van der Waals surface area (Å²) in [5.74, 6) is -1.53. The van der Waals surface area contributed by atoms with Crippen molar-refractivity contribution in [3.63, 3.8) is 0 Å². The molecule has 1 aliphatic rings. The molecule has 176 valence electrons. The molecule has 0 spiro atoms. The molecule has 0 radical (unpaired) electrons. The number of ether oxygens (including phenoxy) is 1. The van der Waals surface area contributed by atoms with E-state index in [0.29, 0.717) is 0 Å². The highest BCUT2D eigenvalue weighted by Gasteiger charge is 2.26. The Labute approximate surface area is 199 Å². The second kappa shape index (κ2) is 14.2. The van der Waals surface area contributed by atoms with Gasteiger partial charge < -0.3 is 9.84 Å². The van der Waals surface area contributed by atoms with Crippen molar-refractivity contribution in [2.75, 3.05) is 45.9 Å². The molecule has 5 nitrogen and oxygen atoms in total. The van der Waals surface area contributed by atoms with Gasteiger partial charge in [-0.1, -0.05) is 36.4 Å². The number of carbonyl (C=O) groups is 1. The lowest BCUT2D eigenvalue weighted by Crippen LogP contribution is -2.47. The topological polar surface area (TPSA) is 53.0 Å². The predicted molar refractivity (Wildman–Crippen MR) is 125 cm³/mol. The number of rotatable bonds is 9. The fourth-order valence-electron chi connectivity index (χ4n) is 3.61. The van der Waals surface area contributed by atoms with Gasteiger partial charge in [0.05, 0.1) is 12.6 Å². The van der Waals surface area contributed by atoms with Gasteiger partial charge in [-0.15, -0.1) is 24.8 Å². The zero-order chi connectivity index (χ0) is 21.3. The molecule has 0 aromatic heterocycles. The van der Waals surface area contributed by atoms with Crippen LogP contribution in [0.5, 0.6) is 0 Å². The summed E-state index contributed by atoms with van der Waals surface area (Å²) < 4.78 is 31.8. The Balaban J connectivity index is 0.00000256. The summed E-state index contributed by atoms with van der Waals surface area (Å²) in [5.41, 5.74) is 1.96. The van der Waals surface area contributed by atoms with Gasteiger partial charge in [0.25, 0.3) is 0 Å². The van der Waals surface area contributed by atoms with Crippen molar-refractivity contribution in [3.8, 4) is 0 Å². The highest BCUT2D eigenvalue weighted by Crippen LogP contribution is 2.30. The summed E-state index contributed by atoms with van der Waals surface area (Å²) in [4.78, 5) is 15.0. The van der Waals surface area contributed by atoms with E-state index in [1.54, 1.807) is 24.3 Å². The molecule has 0 atom stereocenters. The Morgan fingerprint density at radius 3 is 1.88 bits per heavy atom. The highest BCUT2D eigenvalue weighted by molar-refractivity contribution is 5.85. The lowest BCUT2D eigenvalue weighted by atomic mass is 9.96. The van der Waals surface area contributed by atoms with Crippen LogP contribution < -0.4 is 0 Å². The van der Waals surface area contributed by atoms with E-state index in [-0.39, 0.29) is 55.7 Å². The van der Waals surface area contributed by atoms with Gasteiger partial charge in [-0.05, 0) is 35.4 Å². The third-order valence-corrected chi connectivity index (χ3v) is 5.11. The maximum atomic E-state index is 13.4. The number of benzene rings is 2. The molecule has 3 rings (SSSR count). The number of hydrogen-bond acceptors (Lipinski definition) is 4. The number of halogens is 4. The van der Waals surface area contributed by atoms with E-state index in [1.807, 2.05) is 12.2 Å². The lowest BCUT2D eigenvalue weighted by molar-refractivity contribution is -0.141. The predicted octanol–water partition coefficient (Wildman–Crippen LogP) is 4.17. The van der Waals surface area contributed by atoms with Crippen LogP contribution in [0.15, 0.2) is 60.7 Å². The molecule has 1 saturated heterocycles. The smallest absolute Gasteiger partial charge is 0.329 e. The van der Waals surface area contributed by atoms with E-state index in [4.69, 9.17) is 9.84 Å². The van der Waals surface area contributed by atoms with Crippen molar-refractivity contribution in [2.24, 2.45) is 0 Å². The molecule has 1 aliphatic heterocycles. The van der Waals surface area contributed by atoms with Crippen LogP contribution in [0, 0.1) is 11.6 Å². The van der Waals surface area contributed by atoms with Crippen LogP contribution in [0.3, 0.4) is 0 Å². The quantitative estimate of drug-likeness (QED) is 0.424. The second-order valence-corrected chi connectivity index (χ2v) is 7.22. The van der Waals surface area contributed by atoms with Crippen molar-refractivity contribution in [1.82, 2.24) is 9.80 Å². The molecular weight excluding hydrogens is 461 g/mol. The molecule has 2 aromatic carbocycles. The fourth-order valence-corrected chi connectivity index (χ4v) is 3.61. The summed E-state index contributed by atoms with van der Waals surface area (Å²) in [7, 11) is 0. The summed E-state index contributed by atoms with van der Waals surface area (Å²) in [6.45, 7) is 4.12. The number of piperazine rings is 1. The normalized spacial score (nSPS) is 14.8. The monoisotopic (exact) mass is 488 g/mol. The van der Waals surface area contributed by atoms with Crippen LogP contribution in [-0.4, -0.2) is 66.8 Å². The van der Waals surface area contributed by atoms with Gasteiger partial charge in [0, 0.05) is 32.7 Å². The summed E-state index contributed by atoms with van der Waals surface area (Å²) in [6, 6.07) is 12.9. The van der Waals surface area contributed by atoms with Crippen LogP contribution in [0.4, 0.5) is 8.78 Å². The molecular formula is C23H28Cl2F2N2O3. The van der Waals surface area contributed by atoms with Gasteiger partial charge in [0.2, 0.25) is 0 Å². The van der Waals surface area contributed by atoms with E-state index in [2.05, 4.69) is 9.80 Å². The molecule has 2 aromatic rings. The van der Waals surface area contributed by atoms with Crippen molar-refractivity contribution in [3.05, 3.63) is 83.4 Å². The van der Waals surface area contributed by atoms with Crippen LogP contribution in [-0.2, 0) is 9.53 Å². The largest absolute Gasteiger partial charge is 0.480 e. The average molecular weight is 489 g/mol. The van der Waals surface area contributed by atoms with Gasteiger partial charge >= 0.3 is 5.97 Å². The van der Waals surface area contributed by atoms with E-state index in [9.17, 15) is 13.6 Å². The van der Waals surface area contributed by atoms with Crippen molar-refractivity contribution < 1.29 is 23.4 Å². The standard InChI is InChI=1S/C23H26F2N2O3.2ClH/c24-20-7-3-18(4-8-20)23(19-5-9-21(25)10-6-19)27-14-12-26(13-15-27)11-1-2-16-30-17-22(28)29;;/h1-10,23H,11-17H2,(H,28,29);2*1H. The number of carboxylic acids is 1. The molecule has 1 fully saturated rings. The van der Waals surface area contributed by atoms with E-state index >= 15 is 0 Å². The van der Waals surface area contributed by atoms with Gasteiger partial charge in [0.1, 0.15) is 18.2 Å². The minimum atomic E-state index is -0.976. The first-order valence-corrected chi connectivity index (χ1v) is 9.95. The Hall–Kier alpha value is -2.03. The number of carboxylic acid groups (broad SMARTS) is 1. The summed E-state index contributed by atoms with van der Waals surface area (Å²) in [6.07, 6.45) is 3.81. The van der Waals surface area contributed by atoms with Gasteiger partial charge in [-0.3, -0.25) is 9.80 Å². The molecule has 0 aliphatic carbocycles. The molecule has 32 heavy (non-hydrogen) atoms. The maximum absolute atomic E-state index is 13.4. The van der Waals surface area contributed by atoms with Crippen LogP contribution in [0.1, 0.15) is 17.2 Å². The third kappa shape index (κ3) is 8.48. The molecule has 1 N–H and O–H groups in total. The third-order valence-electron chi connectivity index (χ3n) is 5.11. The molecule has 0 saturated carbocycles. The van der Waals surface area contributed by atoms with Gasteiger partial charge in [0.15, 0.2) is 0 Å². The van der Waals surface area contributed by atoms with Crippen molar-refractivity contribution >= 4 is 30.8 Å². The Morgan fingerprint density at radius 1 is 0.906 bits per heavy atom. The zero-order valence-electron chi connectivity index (χ0n) is 17.5.